The molecule has 2 aromatic rings. The largest absolute Gasteiger partial charge is 0.494 e. The molecule has 0 unspecified atom stereocenters. The van der Waals surface area contributed by atoms with Crippen molar-refractivity contribution in [3.63, 3.8) is 0 Å². The van der Waals surface area contributed by atoms with Gasteiger partial charge in [0.05, 0.1) is 13.3 Å². The van der Waals surface area contributed by atoms with Crippen LogP contribution < -0.4 is 10.5 Å². The van der Waals surface area contributed by atoms with E-state index in [1.165, 1.54) is 13.3 Å². The van der Waals surface area contributed by atoms with Crippen LogP contribution >= 0.6 is 0 Å². The summed E-state index contributed by atoms with van der Waals surface area (Å²) in [6.45, 7) is 0. The lowest BCUT2D eigenvalue weighted by Crippen LogP contribution is -2.00. The molecule has 0 aliphatic heterocycles. The highest BCUT2D eigenvalue weighted by Crippen LogP contribution is 2.21. The fourth-order valence-corrected chi connectivity index (χ4v) is 1.35. The molecule has 0 saturated carbocycles. The number of nitrogens with two attached hydrogens (primary N) is 1. The molecule has 0 aliphatic rings. The number of imidazole rings is 1. The van der Waals surface area contributed by atoms with Gasteiger partial charge in [0, 0.05) is 0 Å². The van der Waals surface area contributed by atoms with E-state index in [-0.39, 0.29) is 0 Å². The number of anilines is 1. The first-order valence-electron chi connectivity index (χ1n) is 3.98. The van der Waals surface area contributed by atoms with Gasteiger partial charge in [-0.3, -0.25) is 4.40 Å². The van der Waals surface area contributed by atoms with Crippen molar-refractivity contribution in [3.05, 3.63) is 24.0 Å². The molecule has 2 rings (SSSR count). The van der Waals surface area contributed by atoms with Crippen LogP contribution in [-0.4, -0.2) is 16.5 Å². The molecule has 0 amide bonds. The molecule has 70 valence electrons. The second-order valence-electron chi connectivity index (χ2n) is 2.74. The van der Waals surface area contributed by atoms with Crippen molar-refractivity contribution >= 4 is 11.5 Å². The average molecular weight is 188 g/mol. The number of rotatable bonds is 1. The maximum absolute atomic E-state index is 8.96. The summed E-state index contributed by atoms with van der Waals surface area (Å²) >= 11 is 0. The lowest BCUT2D eigenvalue weighted by Gasteiger charge is -2.05. The molecule has 0 aliphatic carbocycles. The van der Waals surface area contributed by atoms with Crippen molar-refractivity contribution in [2.45, 2.75) is 0 Å². The number of nitrogen functional groups attached to an aromatic ring is 1. The van der Waals surface area contributed by atoms with Crippen LogP contribution in [0.3, 0.4) is 0 Å². The van der Waals surface area contributed by atoms with E-state index in [9.17, 15) is 0 Å². The fraction of sp³-hybridized carbons (Fsp3) is 0.111. The van der Waals surface area contributed by atoms with E-state index in [2.05, 4.69) is 4.98 Å². The molecular formula is C9H8N4O. The molecular weight excluding hydrogens is 180 g/mol. The van der Waals surface area contributed by atoms with Crippen LogP contribution in [0.25, 0.3) is 5.65 Å². The minimum atomic E-state index is 0.361. The number of fused-ring (bicyclic) bond motifs is 1. The first-order chi connectivity index (χ1) is 6.77. The Hall–Kier alpha value is -2.22. The van der Waals surface area contributed by atoms with E-state index >= 15 is 0 Å². The molecule has 0 spiro atoms. The van der Waals surface area contributed by atoms with Crippen LogP contribution in [0, 0.1) is 11.3 Å². The van der Waals surface area contributed by atoms with Gasteiger partial charge in [0.15, 0.2) is 11.4 Å². The Bertz CT molecular complexity index is 523. The topological polar surface area (TPSA) is 76.3 Å². The Morgan fingerprint density at radius 1 is 1.57 bits per heavy atom. The predicted molar refractivity (Wildman–Crippen MR) is 50.9 cm³/mol. The number of hydrogen-bond donors (Lipinski definition) is 1. The van der Waals surface area contributed by atoms with Crippen molar-refractivity contribution in [1.82, 2.24) is 9.38 Å². The van der Waals surface area contributed by atoms with Crippen molar-refractivity contribution in [1.29, 1.82) is 5.26 Å². The van der Waals surface area contributed by atoms with E-state index in [0.29, 0.717) is 22.9 Å². The van der Waals surface area contributed by atoms with E-state index in [0.717, 1.165) is 0 Å². The van der Waals surface area contributed by atoms with Gasteiger partial charge in [0.1, 0.15) is 17.5 Å². The molecule has 5 nitrogen and oxygen atoms in total. The van der Waals surface area contributed by atoms with Gasteiger partial charge in [-0.05, 0) is 12.1 Å². The van der Waals surface area contributed by atoms with Gasteiger partial charge in [-0.1, -0.05) is 0 Å². The number of methoxy groups -OCH3 is 1. The lowest BCUT2D eigenvalue weighted by molar-refractivity contribution is 0.411. The highest BCUT2D eigenvalue weighted by molar-refractivity contribution is 5.56. The molecule has 5 heteroatoms. The quantitative estimate of drug-likeness (QED) is 0.718. The Morgan fingerprint density at radius 3 is 3.00 bits per heavy atom. The Morgan fingerprint density at radius 2 is 2.36 bits per heavy atom. The van der Waals surface area contributed by atoms with Crippen LogP contribution in [0.5, 0.6) is 5.75 Å². The number of pyridine rings is 1. The number of nitriles is 1. The Balaban J connectivity index is 2.90. The van der Waals surface area contributed by atoms with Gasteiger partial charge in [-0.25, -0.2) is 4.98 Å². The SMILES string of the molecule is COc1ccc2ncc(N)n2c1C#N. The Labute approximate surface area is 80.3 Å². The lowest BCUT2D eigenvalue weighted by atomic mass is 10.3. The van der Waals surface area contributed by atoms with Gasteiger partial charge in [0.2, 0.25) is 0 Å². The third-order valence-electron chi connectivity index (χ3n) is 1.98. The number of aromatic nitrogens is 2. The van der Waals surface area contributed by atoms with E-state index in [4.69, 9.17) is 15.7 Å². The second-order valence-corrected chi connectivity index (χ2v) is 2.74. The van der Waals surface area contributed by atoms with Crippen LogP contribution in [0.15, 0.2) is 18.3 Å². The van der Waals surface area contributed by atoms with Crippen molar-refractivity contribution in [2.24, 2.45) is 0 Å². The number of hydrogen-bond acceptors (Lipinski definition) is 4. The normalized spacial score (nSPS) is 10.0. The minimum absolute atomic E-state index is 0.361. The molecule has 2 aromatic heterocycles. The second kappa shape index (κ2) is 2.92. The summed E-state index contributed by atoms with van der Waals surface area (Å²) in [5.74, 6) is 0.917. The monoisotopic (exact) mass is 188 g/mol. The van der Waals surface area contributed by atoms with E-state index < -0.39 is 0 Å². The van der Waals surface area contributed by atoms with Gasteiger partial charge in [-0.2, -0.15) is 5.26 Å². The molecule has 14 heavy (non-hydrogen) atoms. The molecule has 2 heterocycles. The third-order valence-corrected chi connectivity index (χ3v) is 1.98. The molecule has 0 atom stereocenters. The average Bonchev–Trinajstić information content (AvgIpc) is 2.59. The van der Waals surface area contributed by atoms with Crippen LogP contribution in [0.2, 0.25) is 0 Å². The summed E-state index contributed by atoms with van der Waals surface area (Å²) in [4.78, 5) is 4.03. The third kappa shape index (κ3) is 0.977. The number of nitrogens with zero attached hydrogens (tertiary/aromatic N) is 3. The summed E-state index contributed by atoms with van der Waals surface area (Å²) in [6, 6.07) is 5.48. The van der Waals surface area contributed by atoms with Crippen molar-refractivity contribution in [2.75, 3.05) is 12.8 Å². The maximum Gasteiger partial charge on any atom is 0.170 e. The molecule has 0 saturated heterocycles. The van der Waals surface area contributed by atoms with Gasteiger partial charge >= 0.3 is 0 Å². The van der Waals surface area contributed by atoms with Gasteiger partial charge < -0.3 is 10.5 Å². The van der Waals surface area contributed by atoms with Crippen LogP contribution in [0.4, 0.5) is 5.82 Å². The first kappa shape index (κ1) is 8.38. The Kier molecular flexibility index (Phi) is 1.75. The standard InChI is InChI=1S/C9H8N4O/c1-14-7-2-3-9-12-5-8(11)13(9)6(7)4-10/h2-3,5H,11H2,1H3. The van der Waals surface area contributed by atoms with E-state index in [1.54, 1.807) is 16.5 Å². The highest BCUT2D eigenvalue weighted by Gasteiger charge is 2.10. The minimum Gasteiger partial charge on any atom is -0.494 e. The van der Waals surface area contributed by atoms with Crippen molar-refractivity contribution in [3.8, 4) is 11.8 Å². The summed E-state index contributed by atoms with van der Waals surface area (Å²) in [7, 11) is 1.51. The molecule has 0 radical (unpaired) electrons. The summed E-state index contributed by atoms with van der Waals surface area (Å²) in [5.41, 5.74) is 6.67. The van der Waals surface area contributed by atoms with Crippen LogP contribution in [-0.2, 0) is 0 Å². The van der Waals surface area contributed by atoms with Gasteiger partial charge in [-0.15, -0.1) is 0 Å². The molecule has 0 fully saturated rings. The smallest absolute Gasteiger partial charge is 0.170 e. The summed E-state index contributed by atoms with van der Waals surface area (Å²) < 4.78 is 6.60. The molecule has 0 bridgehead atoms. The highest BCUT2D eigenvalue weighted by atomic mass is 16.5. The summed E-state index contributed by atoms with van der Waals surface area (Å²) in [6.07, 6.45) is 1.51. The summed E-state index contributed by atoms with van der Waals surface area (Å²) in [5, 5.41) is 8.96. The zero-order chi connectivity index (χ0) is 10.1. The zero-order valence-electron chi connectivity index (χ0n) is 7.56. The van der Waals surface area contributed by atoms with Crippen molar-refractivity contribution < 1.29 is 4.74 Å². The van der Waals surface area contributed by atoms with E-state index in [1.807, 2.05) is 6.07 Å². The molecule has 2 N–H and O–H groups in total. The molecule has 0 aromatic carbocycles. The van der Waals surface area contributed by atoms with Gasteiger partial charge in [0.25, 0.3) is 0 Å². The van der Waals surface area contributed by atoms with Crippen LogP contribution in [0.1, 0.15) is 5.69 Å². The zero-order valence-corrected chi connectivity index (χ0v) is 7.56. The number of ether oxygens (including phenoxy) is 1. The predicted octanol–water partition coefficient (Wildman–Crippen LogP) is 0.797. The first-order valence-corrected chi connectivity index (χ1v) is 3.98. The maximum atomic E-state index is 8.96. The fourth-order valence-electron chi connectivity index (χ4n) is 1.35.